The molecule has 2 unspecified atom stereocenters. The molecule has 0 aromatic rings. The van der Waals surface area contributed by atoms with Crippen LogP contribution in [0.5, 0.6) is 0 Å². The van der Waals surface area contributed by atoms with Gasteiger partial charge in [0, 0.05) is 6.04 Å². The Hall–Kier alpha value is -0.570. The van der Waals surface area contributed by atoms with Gasteiger partial charge in [0.25, 0.3) is 0 Å². The number of hydrogen-bond donors (Lipinski definition) is 2. The normalized spacial score (nSPS) is 41.0. The highest BCUT2D eigenvalue weighted by Gasteiger charge is 2.49. The van der Waals surface area contributed by atoms with Crippen LogP contribution in [-0.4, -0.2) is 24.5 Å². The highest BCUT2D eigenvalue weighted by Crippen LogP contribution is 2.48. The second-order valence-electron chi connectivity index (χ2n) is 4.92. The lowest BCUT2D eigenvalue weighted by atomic mass is 10.1. The van der Waals surface area contributed by atoms with Crippen molar-refractivity contribution in [2.24, 2.45) is 5.41 Å². The van der Waals surface area contributed by atoms with Crippen molar-refractivity contribution in [2.45, 2.75) is 51.6 Å². The minimum atomic E-state index is 0.0803. The van der Waals surface area contributed by atoms with Crippen molar-refractivity contribution in [2.75, 3.05) is 6.54 Å². The molecule has 2 aliphatic rings. The third kappa shape index (κ3) is 1.78. The molecule has 1 saturated carbocycles. The second-order valence-corrected chi connectivity index (χ2v) is 4.92. The van der Waals surface area contributed by atoms with Crippen LogP contribution in [0.1, 0.15) is 39.5 Å². The monoisotopic (exact) mass is 196 g/mol. The first-order valence-electron chi connectivity index (χ1n) is 5.69. The molecule has 3 nitrogen and oxygen atoms in total. The van der Waals surface area contributed by atoms with Crippen LogP contribution >= 0.6 is 0 Å². The zero-order valence-electron chi connectivity index (χ0n) is 9.10. The van der Waals surface area contributed by atoms with Gasteiger partial charge in [0.05, 0.1) is 6.04 Å². The molecule has 2 rings (SSSR count). The van der Waals surface area contributed by atoms with Gasteiger partial charge >= 0.3 is 0 Å². The van der Waals surface area contributed by atoms with Crippen molar-refractivity contribution < 1.29 is 4.79 Å². The van der Waals surface area contributed by atoms with Gasteiger partial charge < -0.3 is 10.6 Å². The van der Waals surface area contributed by atoms with E-state index >= 15 is 0 Å². The Morgan fingerprint density at radius 2 is 2.43 bits per heavy atom. The van der Waals surface area contributed by atoms with Crippen molar-refractivity contribution in [3.05, 3.63) is 0 Å². The van der Waals surface area contributed by atoms with E-state index < -0.39 is 0 Å². The Morgan fingerprint density at radius 1 is 1.64 bits per heavy atom. The third-order valence-electron chi connectivity index (χ3n) is 3.85. The highest BCUT2D eigenvalue weighted by atomic mass is 16.2. The average Bonchev–Trinajstić information content (AvgIpc) is 2.67. The SMILES string of the molecule is CCC1(C)CC1NC(=O)[C@@H]1CCCN1. The Morgan fingerprint density at radius 3 is 2.93 bits per heavy atom. The fourth-order valence-corrected chi connectivity index (χ4v) is 2.20. The molecule has 0 bridgehead atoms. The molecule has 1 aliphatic heterocycles. The van der Waals surface area contributed by atoms with Gasteiger partial charge in [0.1, 0.15) is 0 Å². The molecule has 0 aromatic carbocycles. The Kier molecular flexibility index (Phi) is 2.52. The number of rotatable bonds is 3. The van der Waals surface area contributed by atoms with Crippen LogP contribution in [0.15, 0.2) is 0 Å². The van der Waals surface area contributed by atoms with Gasteiger partial charge in [-0.2, -0.15) is 0 Å². The van der Waals surface area contributed by atoms with Crippen molar-refractivity contribution in [3.63, 3.8) is 0 Å². The smallest absolute Gasteiger partial charge is 0.237 e. The maximum absolute atomic E-state index is 11.7. The summed E-state index contributed by atoms with van der Waals surface area (Å²) in [4.78, 5) is 11.7. The van der Waals surface area contributed by atoms with Crippen LogP contribution in [-0.2, 0) is 4.79 Å². The molecule has 1 heterocycles. The average molecular weight is 196 g/mol. The molecule has 3 heteroatoms. The first-order chi connectivity index (χ1) is 6.65. The lowest BCUT2D eigenvalue weighted by Crippen LogP contribution is -2.42. The molecule has 3 atom stereocenters. The summed E-state index contributed by atoms with van der Waals surface area (Å²) >= 11 is 0. The predicted molar refractivity (Wildman–Crippen MR) is 56.0 cm³/mol. The molecule has 2 N–H and O–H groups in total. The summed E-state index contributed by atoms with van der Waals surface area (Å²) < 4.78 is 0. The van der Waals surface area contributed by atoms with Gasteiger partial charge in [-0.1, -0.05) is 13.8 Å². The predicted octanol–water partition coefficient (Wildman–Crippen LogP) is 1.04. The largest absolute Gasteiger partial charge is 0.351 e. The van der Waals surface area contributed by atoms with E-state index in [0.29, 0.717) is 11.5 Å². The number of carbonyl (C=O) groups is 1. The van der Waals surface area contributed by atoms with E-state index in [0.717, 1.165) is 32.2 Å². The topological polar surface area (TPSA) is 41.1 Å². The lowest BCUT2D eigenvalue weighted by Gasteiger charge is -2.13. The molecule has 80 valence electrons. The third-order valence-corrected chi connectivity index (χ3v) is 3.85. The van der Waals surface area contributed by atoms with Crippen molar-refractivity contribution in [3.8, 4) is 0 Å². The zero-order valence-corrected chi connectivity index (χ0v) is 9.10. The summed E-state index contributed by atoms with van der Waals surface area (Å²) in [5, 5.41) is 6.36. The van der Waals surface area contributed by atoms with Gasteiger partial charge in [-0.05, 0) is 37.6 Å². The molecule has 1 amide bonds. The van der Waals surface area contributed by atoms with Gasteiger partial charge in [0.2, 0.25) is 5.91 Å². The number of hydrogen-bond acceptors (Lipinski definition) is 2. The summed E-state index contributed by atoms with van der Waals surface area (Å²) in [7, 11) is 0. The number of nitrogens with one attached hydrogen (secondary N) is 2. The molecule has 1 aliphatic carbocycles. The van der Waals surface area contributed by atoms with E-state index in [1.165, 1.54) is 0 Å². The van der Waals surface area contributed by atoms with E-state index in [9.17, 15) is 4.79 Å². The van der Waals surface area contributed by atoms with Gasteiger partial charge in [-0.15, -0.1) is 0 Å². The summed E-state index contributed by atoms with van der Waals surface area (Å²) in [6.45, 7) is 5.44. The maximum atomic E-state index is 11.7. The van der Waals surface area contributed by atoms with E-state index in [2.05, 4.69) is 24.5 Å². The Labute approximate surface area is 85.6 Å². The van der Waals surface area contributed by atoms with E-state index in [4.69, 9.17) is 0 Å². The number of amides is 1. The summed E-state index contributed by atoms with van der Waals surface area (Å²) in [5.74, 6) is 0.213. The fraction of sp³-hybridized carbons (Fsp3) is 0.909. The first-order valence-corrected chi connectivity index (χ1v) is 5.69. The number of carbonyl (C=O) groups excluding carboxylic acids is 1. The molecule has 14 heavy (non-hydrogen) atoms. The van der Waals surface area contributed by atoms with Crippen LogP contribution in [0.4, 0.5) is 0 Å². The molecule has 2 fully saturated rings. The van der Waals surface area contributed by atoms with Crippen LogP contribution in [0.25, 0.3) is 0 Å². The quantitative estimate of drug-likeness (QED) is 0.708. The molecule has 0 aromatic heterocycles. The highest BCUT2D eigenvalue weighted by molar-refractivity contribution is 5.82. The summed E-state index contributed by atoms with van der Waals surface area (Å²) in [6, 6.07) is 0.513. The molecule has 0 radical (unpaired) electrons. The molecule has 1 saturated heterocycles. The van der Waals surface area contributed by atoms with Crippen LogP contribution in [0.3, 0.4) is 0 Å². The minimum Gasteiger partial charge on any atom is -0.351 e. The maximum Gasteiger partial charge on any atom is 0.237 e. The fourth-order valence-electron chi connectivity index (χ4n) is 2.20. The molecular formula is C11H20N2O. The van der Waals surface area contributed by atoms with Gasteiger partial charge in [-0.3, -0.25) is 4.79 Å². The van der Waals surface area contributed by atoms with Crippen LogP contribution in [0, 0.1) is 5.41 Å². The van der Waals surface area contributed by atoms with Crippen LogP contribution < -0.4 is 10.6 Å². The van der Waals surface area contributed by atoms with E-state index in [1.807, 2.05) is 0 Å². The summed E-state index contributed by atoms with van der Waals surface area (Å²) in [5.41, 5.74) is 0.383. The Bertz CT molecular complexity index is 235. The molecular weight excluding hydrogens is 176 g/mol. The summed E-state index contributed by atoms with van der Waals surface area (Å²) in [6.07, 6.45) is 4.45. The first kappa shape index (κ1) is 9.97. The van der Waals surface area contributed by atoms with E-state index in [1.54, 1.807) is 0 Å². The van der Waals surface area contributed by atoms with Gasteiger partial charge in [-0.25, -0.2) is 0 Å². The lowest BCUT2D eigenvalue weighted by molar-refractivity contribution is -0.123. The van der Waals surface area contributed by atoms with Crippen molar-refractivity contribution >= 4 is 5.91 Å². The minimum absolute atomic E-state index is 0.0803. The van der Waals surface area contributed by atoms with Crippen LogP contribution in [0.2, 0.25) is 0 Å². The zero-order chi connectivity index (χ0) is 10.2. The second kappa shape index (κ2) is 3.54. The van der Waals surface area contributed by atoms with Gasteiger partial charge in [0.15, 0.2) is 0 Å². The molecule has 0 spiro atoms. The van der Waals surface area contributed by atoms with Crippen molar-refractivity contribution in [1.29, 1.82) is 0 Å². The standard InChI is InChI=1S/C11H20N2O/c1-3-11(2)7-9(11)13-10(14)8-5-4-6-12-8/h8-9,12H,3-7H2,1-2H3,(H,13,14)/t8-,9?,11?/m0/s1. The Balaban J connectivity index is 1.79. The van der Waals surface area contributed by atoms with E-state index in [-0.39, 0.29) is 11.9 Å². The van der Waals surface area contributed by atoms with Crippen molar-refractivity contribution in [1.82, 2.24) is 10.6 Å².